The number of unbranched alkanes of at least 4 members (excludes halogenated alkanes) is 1. The predicted octanol–water partition coefficient (Wildman–Crippen LogP) is 1.62. The molecule has 13 heavy (non-hydrogen) atoms. The molecule has 1 saturated heterocycles. The molecule has 0 spiro atoms. The van der Waals surface area contributed by atoms with Crippen molar-refractivity contribution in [2.75, 3.05) is 19.6 Å². The molecule has 0 aliphatic carbocycles. The monoisotopic (exact) mass is 182 g/mol. The van der Waals surface area contributed by atoms with Crippen LogP contribution in [0.4, 0.5) is 0 Å². The highest BCUT2D eigenvalue weighted by molar-refractivity contribution is 4.81. The van der Waals surface area contributed by atoms with Gasteiger partial charge in [0.1, 0.15) is 0 Å². The van der Waals surface area contributed by atoms with E-state index in [0.29, 0.717) is 6.04 Å². The molecule has 76 valence electrons. The Morgan fingerprint density at radius 1 is 1.69 bits per heavy atom. The molecule has 2 atom stereocenters. The number of hydrogen-bond donors (Lipinski definition) is 1. The first-order chi connectivity index (χ1) is 6.24. The largest absolute Gasteiger partial charge is 0.328 e. The molecule has 2 heteroatoms. The van der Waals surface area contributed by atoms with Gasteiger partial charge in [0.25, 0.3) is 0 Å². The zero-order valence-electron chi connectivity index (χ0n) is 8.71. The highest BCUT2D eigenvalue weighted by atomic mass is 15.1. The summed E-state index contributed by atoms with van der Waals surface area (Å²) in [4.78, 5) is 2.53. The van der Waals surface area contributed by atoms with Crippen LogP contribution in [0.3, 0.4) is 0 Å². The van der Waals surface area contributed by atoms with Crippen molar-refractivity contribution < 1.29 is 0 Å². The van der Waals surface area contributed by atoms with E-state index in [1.165, 1.54) is 32.5 Å². The molecule has 2 N–H and O–H groups in total. The van der Waals surface area contributed by atoms with Crippen molar-refractivity contribution in [3.63, 3.8) is 0 Å². The first kappa shape index (κ1) is 10.7. The lowest BCUT2D eigenvalue weighted by Crippen LogP contribution is -2.30. The molecule has 2 unspecified atom stereocenters. The second-order valence-electron chi connectivity index (χ2n) is 4.14. The van der Waals surface area contributed by atoms with Gasteiger partial charge in [-0.3, -0.25) is 0 Å². The van der Waals surface area contributed by atoms with Crippen LogP contribution in [0, 0.1) is 5.92 Å². The Morgan fingerprint density at radius 2 is 2.46 bits per heavy atom. The fraction of sp³-hybridized carbons (Fsp3) is 0.818. The molecule has 1 heterocycles. The van der Waals surface area contributed by atoms with E-state index in [1.807, 2.05) is 6.08 Å². The number of nitrogens with zero attached hydrogens (tertiary/aromatic N) is 1. The van der Waals surface area contributed by atoms with Crippen LogP contribution in [-0.4, -0.2) is 30.6 Å². The van der Waals surface area contributed by atoms with E-state index >= 15 is 0 Å². The predicted molar refractivity (Wildman–Crippen MR) is 57.6 cm³/mol. The Morgan fingerprint density at radius 3 is 3.00 bits per heavy atom. The number of hydrogen-bond acceptors (Lipinski definition) is 2. The lowest BCUT2D eigenvalue weighted by atomic mass is 10.0. The third-order valence-electron chi connectivity index (χ3n) is 2.93. The Kier molecular flexibility index (Phi) is 4.46. The second-order valence-corrected chi connectivity index (χ2v) is 4.14. The van der Waals surface area contributed by atoms with Crippen molar-refractivity contribution in [2.24, 2.45) is 11.7 Å². The Hall–Kier alpha value is -0.340. The van der Waals surface area contributed by atoms with Crippen molar-refractivity contribution >= 4 is 0 Å². The summed E-state index contributed by atoms with van der Waals surface area (Å²) in [6.07, 6.45) is 5.67. The summed E-state index contributed by atoms with van der Waals surface area (Å²) in [5.41, 5.74) is 5.87. The molecule has 1 fully saturated rings. The molecule has 1 aliphatic heterocycles. The molecule has 0 aromatic rings. The topological polar surface area (TPSA) is 29.3 Å². The second kappa shape index (κ2) is 5.40. The van der Waals surface area contributed by atoms with Crippen LogP contribution in [0.25, 0.3) is 0 Å². The van der Waals surface area contributed by atoms with E-state index in [2.05, 4.69) is 18.4 Å². The van der Waals surface area contributed by atoms with Gasteiger partial charge in [-0.05, 0) is 45.2 Å². The standard InChI is InChI=1S/C11H22N2/c1-3-4-5-7-13-8-6-11(9-13)10(2)12/h3,10-11H,1,4-9,12H2,2H3. The van der Waals surface area contributed by atoms with Crippen LogP contribution in [-0.2, 0) is 0 Å². The third kappa shape index (κ3) is 3.49. The van der Waals surface area contributed by atoms with Crippen molar-refractivity contribution in [1.82, 2.24) is 4.90 Å². The third-order valence-corrected chi connectivity index (χ3v) is 2.93. The van der Waals surface area contributed by atoms with Crippen LogP contribution in [0.1, 0.15) is 26.2 Å². The molecular formula is C11H22N2. The summed E-state index contributed by atoms with van der Waals surface area (Å²) < 4.78 is 0. The molecular weight excluding hydrogens is 160 g/mol. The highest BCUT2D eigenvalue weighted by Crippen LogP contribution is 2.18. The molecule has 1 rings (SSSR count). The van der Waals surface area contributed by atoms with Crippen LogP contribution in [0.2, 0.25) is 0 Å². The molecule has 2 nitrogen and oxygen atoms in total. The molecule has 0 saturated carbocycles. The maximum absolute atomic E-state index is 5.87. The minimum absolute atomic E-state index is 0.365. The Bertz CT molecular complexity index is 154. The minimum Gasteiger partial charge on any atom is -0.328 e. The number of likely N-dealkylation sites (tertiary alicyclic amines) is 1. The number of rotatable bonds is 5. The maximum Gasteiger partial charge on any atom is 0.00514 e. The maximum atomic E-state index is 5.87. The SMILES string of the molecule is C=CCCCN1CCC(C(C)N)C1. The van der Waals surface area contributed by atoms with Gasteiger partial charge >= 0.3 is 0 Å². The summed E-state index contributed by atoms with van der Waals surface area (Å²) in [5, 5.41) is 0. The van der Waals surface area contributed by atoms with Crippen LogP contribution in [0.5, 0.6) is 0 Å². The van der Waals surface area contributed by atoms with Gasteiger partial charge in [0, 0.05) is 12.6 Å². The summed E-state index contributed by atoms with van der Waals surface area (Å²) >= 11 is 0. The van der Waals surface area contributed by atoms with Gasteiger partial charge in [-0.25, -0.2) is 0 Å². The molecule has 0 aromatic heterocycles. The van der Waals surface area contributed by atoms with Crippen molar-refractivity contribution in [1.29, 1.82) is 0 Å². The Balaban J connectivity index is 2.13. The van der Waals surface area contributed by atoms with Crippen molar-refractivity contribution in [2.45, 2.75) is 32.2 Å². The zero-order chi connectivity index (χ0) is 9.68. The lowest BCUT2D eigenvalue weighted by Gasteiger charge is -2.17. The summed E-state index contributed by atoms with van der Waals surface area (Å²) in [6, 6.07) is 0.365. The summed E-state index contributed by atoms with van der Waals surface area (Å²) in [7, 11) is 0. The van der Waals surface area contributed by atoms with E-state index in [4.69, 9.17) is 5.73 Å². The fourth-order valence-electron chi connectivity index (χ4n) is 1.95. The minimum atomic E-state index is 0.365. The number of allylic oxidation sites excluding steroid dienone is 1. The molecule has 0 radical (unpaired) electrons. The van der Waals surface area contributed by atoms with E-state index in [9.17, 15) is 0 Å². The van der Waals surface area contributed by atoms with Crippen LogP contribution >= 0.6 is 0 Å². The van der Waals surface area contributed by atoms with Crippen LogP contribution < -0.4 is 5.73 Å². The number of nitrogens with two attached hydrogens (primary N) is 1. The van der Waals surface area contributed by atoms with Gasteiger partial charge in [0.05, 0.1) is 0 Å². The van der Waals surface area contributed by atoms with E-state index in [0.717, 1.165) is 12.3 Å². The van der Waals surface area contributed by atoms with Gasteiger partial charge in [-0.2, -0.15) is 0 Å². The van der Waals surface area contributed by atoms with Gasteiger partial charge in [0.15, 0.2) is 0 Å². The molecule has 0 aromatic carbocycles. The lowest BCUT2D eigenvalue weighted by molar-refractivity contribution is 0.312. The van der Waals surface area contributed by atoms with Crippen LogP contribution in [0.15, 0.2) is 12.7 Å². The normalized spacial score (nSPS) is 26.2. The smallest absolute Gasteiger partial charge is 0.00514 e. The Labute approximate surface area is 81.8 Å². The van der Waals surface area contributed by atoms with Gasteiger partial charge < -0.3 is 10.6 Å². The highest BCUT2D eigenvalue weighted by Gasteiger charge is 2.24. The van der Waals surface area contributed by atoms with Gasteiger partial charge in [0.2, 0.25) is 0 Å². The van der Waals surface area contributed by atoms with Crippen molar-refractivity contribution in [3.8, 4) is 0 Å². The average Bonchev–Trinajstić information content (AvgIpc) is 2.53. The quantitative estimate of drug-likeness (QED) is 0.517. The van der Waals surface area contributed by atoms with Gasteiger partial charge in [-0.1, -0.05) is 6.08 Å². The zero-order valence-corrected chi connectivity index (χ0v) is 8.71. The molecule has 0 amide bonds. The average molecular weight is 182 g/mol. The van der Waals surface area contributed by atoms with E-state index in [-0.39, 0.29) is 0 Å². The molecule has 1 aliphatic rings. The first-order valence-corrected chi connectivity index (χ1v) is 5.33. The van der Waals surface area contributed by atoms with Crippen molar-refractivity contribution in [3.05, 3.63) is 12.7 Å². The molecule has 0 bridgehead atoms. The van der Waals surface area contributed by atoms with Gasteiger partial charge in [-0.15, -0.1) is 6.58 Å². The van der Waals surface area contributed by atoms with E-state index in [1.54, 1.807) is 0 Å². The summed E-state index contributed by atoms with van der Waals surface area (Å²) in [6.45, 7) is 9.51. The first-order valence-electron chi connectivity index (χ1n) is 5.33. The fourth-order valence-corrected chi connectivity index (χ4v) is 1.95. The summed E-state index contributed by atoms with van der Waals surface area (Å²) in [5.74, 6) is 0.726. The van der Waals surface area contributed by atoms with E-state index < -0.39 is 0 Å².